The molecule has 0 bridgehead atoms. The molecule has 0 unspecified atom stereocenters. The van der Waals surface area contributed by atoms with E-state index in [1.807, 2.05) is 10.7 Å². The van der Waals surface area contributed by atoms with Crippen molar-refractivity contribution in [1.82, 2.24) is 24.5 Å². The fraction of sp³-hybridized carbons (Fsp3) is 0.125. The number of pyridine rings is 1. The van der Waals surface area contributed by atoms with Gasteiger partial charge in [-0.1, -0.05) is 0 Å². The predicted molar refractivity (Wildman–Crippen MR) is 159 cm³/mol. The van der Waals surface area contributed by atoms with Crippen LogP contribution in [-0.4, -0.2) is 37.1 Å². The molecule has 1 aliphatic rings. The summed E-state index contributed by atoms with van der Waals surface area (Å²) in [5.74, 6) is -1.37. The lowest BCUT2D eigenvalue weighted by molar-refractivity contribution is 0.102. The van der Waals surface area contributed by atoms with Crippen molar-refractivity contribution in [3.05, 3.63) is 112 Å². The maximum atomic E-state index is 15.4. The highest BCUT2D eigenvalue weighted by Gasteiger charge is 2.24. The summed E-state index contributed by atoms with van der Waals surface area (Å²) in [7, 11) is 0. The highest BCUT2D eigenvalue weighted by Crippen LogP contribution is 2.43. The molecule has 0 saturated carbocycles. The third kappa shape index (κ3) is 4.66. The van der Waals surface area contributed by atoms with Gasteiger partial charge in [0.15, 0.2) is 11.6 Å². The largest absolute Gasteiger partial charge is 0.479 e. The molecule has 44 heavy (non-hydrogen) atoms. The summed E-state index contributed by atoms with van der Waals surface area (Å²) < 4.78 is 43.7. The van der Waals surface area contributed by atoms with E-state index < -0.39 is 23.1 Å². The van der Waals surface area contributed by atoms with Gasteiger partial charge in [0, 0.05) is 41.0 Å². The molecule has 1 aliphatic heterocycles. The monoisotopic (exact) mass is 594 g/mol. The van der Waals surface area contributed by atoms with Crippen molar-refractivity contribution in [3.8, 4) is 34.2 Å². The van der Waals surface area contributed by atoms with Gasteiger partial charge in [0.25, 0.3) is 11.5 Å². The molecule has 0 aliphatic carbocycles. The quantitative estimate of drug-likeness (QED) is 0.228. The average molecular weight is 595 g/mol. The Bertz CT molecular complexity index is 2100. The van der Waals surface area contributed by atoms with Gasteiger partial charge >= 0.3 is 0 Å². The van der Waals surface area contributed by atoms with Gasteiger partial charge in [-0.25, -0.2) is 13.3 Å². The Morgan fingerprint density at radius 2 is 1.89 bits per heavy atom. The van der Waals surface area contributed by atoms with Gasteiger partial charge in [0.1, 0.15) is 17.1 Å². The molecule has 0 atom stereocenters. The summed E-state index contributed by atoms with van der Waals surface area (Å²) in [5, 5.41) is 14.8. The zero-order valence-corrected chi connectivity index (χ0v) is 23.3. The Morgan fingerprint density at radius 3 is 2.64 bits per heavy atom. The minimum absolute atomic E-state index is 0.0515. The second-order valence-corrected chi connectivity index (χ2v) is 10.1. The SMILES string of the molecule is CCOc1ccc(C(=O)Nc2ccc(Oc3cc4c5c(cnn5CC4)c3-c3cn[nH]c3)c(F)c2)c(=O)n1-c1ccc(F)cc1. The van der Waals surface area contributed by atoms with Gasteiger partial charge in [0.2, 0.25) is 5.88 Å². The number of benzene rings is 3. The normalized spacial score (nSPS) is 12.1. The summed E-state index contributed by atoms with van der Waals surface area (Å²) in [6, 6.07) is 13.9. The molecule has 0 radical (unpaired) electrons. The van der Waals surface area contributed by atoms with E-state index in [9.17, 15) is 14.0 Å². The number of rotatable bonds is 8. The number of aryl methyl sites for hydroxylation is 2. The first kappa shape index (κ1) is 27.1. The summed E-state index contributed by atoms with van der Waals surface area (Å²) in [4.78, 5) is 26.6. The second-order valence-electron chi connectivity index (χ2n) is 10.1. The number of nitrogens with zero attached hydrogens (tertiary/aromatic N) is 4. The Balaban J connectivity index is 1.18. The van der Waals surface area contributed by atoms with Crippen molar-refractivity contribution >= 4 is 22.5 Å². The molecular weight excluding hydrogens is 570 g/mol. The van der Waals surface area contributed by atoms with Crippen LogP contribution in [0.3, 0.4) is 0 Å². The first-order valence-corrected chi connectivity index (χ1v) is 13.9. The molecular formula is C32H24F2N6O4. The van der Waals surface area contributed by atoms with Crippen LogP contribution >= 0.6 is 0 Å². The van der Waals surface area contributed by atoms with Crippen molar-refractivity contribution in [2.24, 2.45) is 0 Å². The number of carbonyl (C=O) groups excluding carboxylic acids is 1. The summed E-state index contributed by atoms with van der Waals surface area (Å²) >= 11 is 0. The standard InChI is InChI=1S/C32H24F2N6O4/c1-2-43-28-10-8-23(32(42)40(28)22-6-3-20(33)4-7-22)31(41)38-21-5-9-26(25(34)14-21)44-27-13-18-11-12-39-30(18)24(17-37-39)29(27)19-15-35-36-16-19/h3-10,13-17H,2,11-12H2,1H3,(H,35,36)(H,38,41). The summed E-state index contributed by atoms with van der Waals surface area (Å²) in [5.41, 5.74) is 3.10. The van der Waals surface area contributed by atoms with Crippen LogP contribution in [0.25, 0.3) is 27.7 Å². The van der Waals surface area contributed by atoms with Crippen LogP contribution in [-0.2, 0) is 13.0 Å². The zero-order chi connectivity index (χ0) is 30.4. The lowest BCUT2D eigenvalue weighted by Crippen LogP contribution is -2.29. The highest BCUT2D eigenvalue weighted by atomic mass is 19.1. The zero-order valence-electron chi connectivity index (χ0n) is 23.3. The maximum absolute atomic E-state index is 15.4. The van der Waals surface area contributed by atoms with Crippen LogP contribution in [0.4, 0.5) is 14.5 Å². The number of carbonyl (C=O) groups is 1. The van der Waals surface area contributed by atoms with E-state index in [-0.39, 0.29) is 29.5 Å². The topological polar surface area (TPSA) is 116 Å². The minimum Gasteiger partial charge on any atom is -0.479 e. The van der Waals surface area contributed by atoms with Gasteiger partial charge in [-0.15, -0.1) is 0 Å². The molecule has 0 fully saturated rings. The molecule has 0 saturated heterocycles. The molecule has 10 nitrogen and oxygen atoms in total. The van der Waals surface area contributed by atoms with E-state index in [2.05, 4.69) is 20.6 Å². The van der Waals surface area contributed by atoms with Gasteiger partial charge in [0.05, 0.1) is 30.2 Å². The van der Waals surface area contributed by atoms with Gasteiger partial charge in [-0.3, -0.25) is 19.4 Å². The van der Waals surface area contributed by atoms with Gasteiger partial charge < -0.3 is 14.8 Å². The molecule has 1 amide bonds. The van der Waals surface area contributed by atoms with Gasteiger partial charge in [-0.2, -0.15) is 10.2 Å². The average Bonchev–Trinajstić information content (AvgIpc) is 3.78. The number of H-pyrrole nitrogens is 1. The molecule has 7 rings (SSSR count). The van der Waals surface area contributed by atoms with Crippen molar-refractivity contribution < 1.29 is 23.0 Å². The highest BCUT2D eigenvalue weighted by molar-refractivity contribution is 6.04. The lowest BCUT2D eigenvalue weighted by Gasteiger charge is -2.15. The van der Waals surface area contributed by atoms with E-state index in [0.29, 0.717) is 11.4 Å². The molecule has 12 heteroatoms. The Morgan fingerprint density at radius 1 is 1.05 bits per heavy atom. The van der Waals surface area contributed by atoms with E-state index in [1.54, 1.807) is 25.5 Å². The number of aromatic amines is 1. The van der Waals surface area contributed by atoms with Crippen LogP contribution in [0.1, 0.15) is 22.8 Å². The third-order valence-corrected chi connectivity index (χ3v) is 7.42. The number of anilines is 1. The number of nitrogens with one attached hydrogen (secondary N) is 2. The smallest absolute Gasteiger partial charge is 0.270 e. The Labute approximate surface area is 248 Å². The number of ether oxygens (including phenoxy) is 2. The molecule has 3 aromatic carbocycles. The van der Waals surface area contributed by atoms with Crippen LogP contribution < -0.4 is 20.3 Å². The lowest BCUT2D eigenvalue weighted by atomic mass is 10.00. The molecule has 6 aromatic rings. The van der Waals surface area contributed by atoms with E-state index >= 15 is 4.39 Å². The minimum atomic E-state index is -0.755. The van der Waals surface area contributed by atoms with Crippen molar-refractivity contribution in [2.45, 2.75) is 19.9 Å². The van der Waals surface area contributed by atoms with Crippen LogP contribution in [0, 0.1) is 11.6 Å². The summed E-state index contributed by atoms with van der Waals surface area (Å²) in [6.07, 6.45) is 5.95. The van der Waals surface area contributed by atoms with Crippen molar-refractivity contribution in [2.75, 3.05) is 11.9 Å². The molecule has 4 heterocycles. The first-order chi connectivity index (χ1) is 21.4. The van der Waals surface area contributed by atoms with Crippen molar-refractivity contribution in [1.29, 1.82) is 0 Å². The maximum Gasteiger partial charge on any atom is 0.270 e. The molecule has 3 aromatic heterocycles. The molecule has 220 valence electrons. The van der Waals surface area contributed by atoms with Gasteiger partial charge in [-0.05, 0) is 73.5 Å². The second kappa shape index (κ2) is 10.8. The molecule has 2 N–H and O–H groups in total. The number of hydrogen-bond acceptors (Lipinski definition) is 6. The van der Waals surface area contributed by atoms with E-state index in [1.165, 1.54) is 53.1 Å². The fourth-order valence-electron chi connectivity index (χ4n) is 5.46. The first-order valence-electron chi connectivity index (χ1n) is 13.9. The summed E-state index contributed by atoms with van der Waals surface area (Å²) in [6.45, 7) is 2.77. The van der Waals surface area contributed by atoms with Crippen LogP contribution in [0.15, 0.2) is 84.0 Å². The van der Waals surface area contributed by atoms with Crippen LogP contribution in [0.5, 0.6) is 17.4 Å². The van der Waals surface area contributed by atoms with Crippen molar-refractivity contribution in [3.63, 3.8) is 0 Å². The van der Waals surface area contributed by atoms with E-state index in [4.69, 9.17) is 9.47 Å². The number of amides is 1. The fourth-order valence-corrected chi connectivity index (χ4v) is 5.46. The Hall–Kier alpha value is -5.78. The number of halogens is 2. The Kier molecular flexibility index (Phi) is 6.65. The number of hydrogen-bond donors (Lipinski definition) is 2. The van der Waals surface area contributed by atoms with E-state index in [0.717, 1.165) is 46.6 Å². The third-order valence-electron chi connectivity index (χ3n) is 7.42. The molecule has 0 spiro atoms. The number of aromatic nitrogens is 5. The predicted octanol–water partition coefficient (Wildman–Crippen LogP) is 5.85. The van der Waals surface area contributed by atoms with Crippen LogP contribution in [0.2, 0.25) is 0 Å².